The van der Waals surface area contributed by atoms with Crippen LogP contribution in [0.15, 0.2) is 24.3 Å². The van der Waals surface area contributed by atoms with Crippen molar-refractivity contribution in [3.05, 3.63) is 35.9 Å². The minimum Gasteiger partial charge on any atom is -0.184 e. The van der Waals surface area contributed by atoms with E-state index < -0.39 is 0 Å². The van der Waals surface area contributed by atoms with E-state index >= 15 is 0 Å². The van der Waals surface area contributed by atoms with E-state index in [0.717, 1.165) is 0 Å². The minimum absolute atomic E-state index is 0. The van der Waals surface area contributed by atoms with Gasteiger partial charge < -0.3 is 0 Å². The number of unbranched alkanes of at least 4 members (excludes halogenated alkanes) is 9. The van der Waals surface area contributed by atoms with Gasteiger partial charge in [-0.1, -0.05) is 77.6 Å². The van der Waals surface area contributed by atoms with E-state index in [2.05, 4.69) is 31.2 Å². The zero-order valence-electron chi connectivity index (χ0n) is 13.1. The van der Waals surface area contributed by atoms with Crippen LogP contribution in [0.1, 0.15) is 76.7 Å². The fourth-order valence-corrected chi connectivity index (χ4v) is 2.40. The van der Waals surface area contributed by atoms with Gasteiger partial charge in [0, 0.05) is 0 Å². The Morgan fingerprint density at radius 1 is 0.842 bits per heavy atom. The zero-order valence-corrected chi connectivity index (χ0v) is 13.1. The van der Waals surface area contributed by atoms with Crippen LogP contribution >= 0.6 is 0 Å². The average molecular weight is 252 g/mol. The zero-order chi connectivity index (χ0) is 12.9. The van der Waals surface area contributed by atoms with Gasteiger partial charge >= 0.3 is 18.9 Å². The Morgan fingerprint density at radius 2 is 1.42 bits per heavy atom. The topological polar surface area (TPSA) is 0 Å². The summed E-state index contributed by atoms with van der Waals surface area (Å²) in [6.45, 7) is 2.28. The van der Waals surface area contributed by atoms with Gasteiger partial charge in [-0.05, 0) is 0 Å². The number of hydrogen-bond acceptors (Lipinski definition) is 0. The summed E-state index contributed by atoms with van der Waals surface area (Å²) in [6.07, 6.45) is 15.4. The van der Waals surface area contributed by atoms with Gasteiger partial charge in [-0.2, -0.15) is 35.9 Å². The van der Waals surface area contributed by atoms with Crippen LogP contribution in [0.4, 0.5) is 0 Å². The third-order valence-electron chi connectivity index (χ3n) is 3.59. The van der Waals surface area contributed by atoms with Gasteiger partial charge in [-0.15, -0.1) is 0 Å². The molecule has 0 N–H and O–H groups in total. The van der Waals surface area contributed by atoms with Crippen molar-refractivity contribution >= 4 is 0 Å². The molecule has 1 heteroatoms. The molecule has 19 heavy (non-hydrogen) atoms. The molecule has 1 aromatic rings. The normalized spacial score (nSPS) is 10.2. The maximum atomic E-state index is 3.15. The Labute approximate surface area is 132 Å². The molecule has 102 valence electrons. The quantitative estimate of drug-likeness (QED) is 0.323. The molecule has 1 rings (SSSR count). The van der Waals surface area contributed by atoms with Crippen molar-refractivity contribution in [1.82, 2.24) is 0 Å². The van der Waals surface area contributed by atoms with E-state index in [4.69, 9.17) is 0 Å². The van der Waals surface area contributed by atoms with Crippen LogP contribution in [-0.2, 0) is 6.42 Å². The Balaban J connectivity index is 0.00000324. The number of benzene rings is 1. The van der Waals surface area contributed by atoms with E-state index in [1.165, 1.54) is 76.2 Å². The summed E-state index contributed by atoms with van der Waals surface area (Å²) in [4.78, 5) is 0. The second-order valence-electron chi connectivity index (χ2n) is 5.34. The molecule has 0 fully saturated rings. The predicted octanol–water partition coefficient (Wildman–Crippen LogP) is 2.95. The van der Waals surface area contributed by atoms with Gasteiger partial charge in [-0.25, -0.2) is 0 Å². The van der Waals surface area contributed by atoms with Gasteiger partial charge in [0.05, 0.1) is 0 Å². The molecule has 0 nitrogen and oxygen atoms in total. The maximum Gasteiger partial charge on any atom is 1.00 e. The molecule has 0 aromatic heterocycles. The molecular weight excluding hydrogens is 223 g/mol. The second kappa shape index (κ2) is 14.2. The fourth-order valence-electron chi connectivity index (χ4n) is 2.40. The van der Waals surface area contributed by atoms with Gasteiger partial charge in [0.25, 0.3) is 0 Å². The summed E-state index contributed by atoms with van der Waals surface area (Å²) in [5, 5.41) is 0. The smallest absolute Gasteiger partial charge is 0.184 e. The number of rotatable bonds is 11. The first-order chi connectivity index (χ1) is 8.93. The molecular formula is C18H29Li. The summed E-state index contributed by atoms with van der Waals surface area (Å²) in [7, 11) is 0. The summed E-state index contributed by atoms with van der Waals surface area (Å²) in [6, 6.07) is 11.5. The molecule has 0 amide bonds. The molecule has 0 bridgehead atoms. The number of aryl methyl sites for hydroxylation is 1. The van der Waals surface area contributed by atoms with E-state index in [0.29, 0.717) is 0 Å². The Morgan fingerprint density at radius 3 is 1.95 bits per heavy atom. The van der Waals surface area contributed by atoms with Crippen LogP contribution in [0.5, 0.6) is 0 Å². The van der Waals surface area contributed by atoms with Crippen molar-refractivity contribution in [2.45, 2.75) is 77.6 Å². The Kier molecular flexibility index (Phi) is 14.1. The van der Waals surface area contributed by atoms with Crippen LogP contribution in [-0.4, -0.2) is 0 Å². The van der Waals surface area contributed by atoms with E-state index in [-0.39, 0.29) is 18.9 Å². The molecule has 0 heterocycles. The third-order valence-corrected chi connectivity index (χ3v) is 3.59. The molecule has 0 saturated carbocycles. The summed E-state index contributed by atoms with van der Waals surface area (Å²) >= 11 is 0. The van der Waals surface area contributed by atoms with Crippen LogP contribution in [0.2, 0.25) is 0 Å². The standard InChI is InChI=1S/C18H29.Li/c1-2-3-4-5-6-7-8-9-10-12-15-18-16-13-11-14-17-18;/h11,13,16-17H,2-10,12,15H2,1H3;/q-1;+1. The molecule has 0 unspecified atom stereocenters. The molecule has 0 radical (unpaired) electrons. The average Bonchev–Trinajstić information content (AvgIpc) is 2.42. The largest absolute Gasteiger partial charge is 1.00 e. The van der Waals surface area contributed by atoms with Crippen molar-refractivity contribution in [2.24, 2.45) is 0 Å². The van der Waals surface area contributed by atoms with Gasteiger partial charge in [-0.3, -0.25) is 0 Å². The Hall–Kier alpha value is -0.183. The maximum absolute atomic E-state index is 3.15. The summed E-state index contributed by atoms with van der Waals surface area (Å²) < 4.78 is 0. The third kappa shape index (κ3) is 11.4. The van der Waals surface area contributed by atoms with E-state index in [1.54, 1.807) is 0 Å². The van der Waals surface area contributed by atoms with Gasteiger partial charge in [0.1, 0.15) is 0 Å². The van der Waals surface area contributed by atoms with Crippen molar-refractivity contribution < 1.29 is 18.9 Å². The van der Waals surface area contributed by atoms with Crippen molar-refractivity contribution in [3.8, 4) is 0 Å². The van der Waals surface area contributed by atoms with Crippen LogP contribution in [0.3, 0.4) is 0 Å². The van der Waals surface area contributed by atoms with Gasteiger partial charge in [0.2, 0.25) is 0 Å². The molecule has 0 saturated heterocycles. The SMILES string of the molecule is CCCCCCCCCCCCc1c[c-]ccc1.[Li+]. The molecule has 0 aliphatic rings. The second-order valence-corrected chi connectivity index (χ2v) is 5.34. The number of hydrogen-bond donors (Lipinski definition) is 0. The van der Waals surface area contributed by atoms with Crippen molar-refractivity contribution in [1.29, 1.82) is 0 Å². The first kappa shape index (κ1) is 18.8. The van der Waals surface area contributed by atoms with Crippen LogP contribution in [0.25, 0.3) is 0 Å². The summed E-state index contributed by atoms with van der Waals surface area (Å²) in [5.41, 5.74) is 1.44. The molecule has 0 aliphatic heterocycles. The van der Waals surface area contributed by atoms with Crippen LogP contribution < -0.4 is 18.9 Å². The van der Waals surface area contributed by atoms with Crippen molar-refractivity contribution in [3.63, 3.8) is 0 Å². The minimum atomic E-state index is 0. The predicted molar refractivity (Wildman–Crippen MR) is 80.8 cm³/mol. The summed E-state index contributed by atoms with van der Waals surface area (Å²) in [5.74, 6) is 0. The van der Waals surface area contributed by atoms with E-state index in [1.807, 2.05) is 6.07 Å². The molecule has 0 spiro atoms. The van der Waals surface area contributed by atoms with Gasteiger partial charge in [0.15, 0.2) is 0 Å². The molecule has 0 aliphatic carbocycles. The Bertz CT molecular complexity index is 268. The fraction of sp³-hybridized carbons (Fsp3) is 0.667. The van der Waals surface area contributed by atoms with Crippen molar-refractivity contribution in [2.75, 3.05) is 0 Å². The first-order valence-electron chi connectivity index (χ1n) is 7.88. The molecule has 0 atom stereocenters. The monoisotopic (exact) mass is 252 g/mol. The first-order valence-corrected chi connectivity index (χ1v) is 7.88. The van der Waals surface area contributed by atoms with Crippen LogP contribution in [0, 0.1) is 6.07 Å². The van der Waals surface area contributed by atoms with E-state index in [9.17, 15) is 0 Å². The molecule has 1 aromatic carbocycles.